The number of amides is 1. The molecule has 5 nitrogen and oxygen atoms in total. The van der Waals surface area contributed by atoms with Crippen LogP contribution in [0.15, 0.2) is 59.7 Å². The second-order valence-corrected chi connectivity index (χ2v) is 8.11. The first-order valence-corrected chi connectivity index (χ1v) is 10.4. The van der Waals surface area contributed by atoms with E-state index in [-0.39, 0.29) is 12.2 Å². The Morgan fingerprint density at radius 3 is 2.52 bits per heavy atom. The number of carbonyl (C=O) groups is 1. The van der Waals surface area contributed by atoms with Crippen LogP contribution in [-0.4, -0.2) is 23.2 Å². The minimum Gasteiger partial charge on any atom is -0.376 e. The Kier molecular flexibility index (Phi) is 7.04. The first kappa shape index (κ1) is 22.9. The lowest BCUT2D eigenvalue weighted by molar-refractivity contribution is -0.137. The van der Waals surface area contributed by atoms with Crippen LogP contribution < -0.4 is 10.7 Å². The summed E-state index contributed by atoms with van der Waals surface area (Å²) in [5.41, 5.74) is 5.69. The van der Waals surface area contributed by atoms with E-state index >= 15 is 0 Å². The zero-order chi connectivity index (χ0) is 22.6. The van der Waals surface area contributed by atoms with Crippen molar-refractivity contribution in [2.75, 3.05) is 11.9 Å². The highest BCUT2D eigenvalue weighted by Gasteiger charge is 2.30. The molecule has 1 amide bonds. The summed E-state index contributed by atoms with van der Waals surface area (Å²) < 4.78 is 41.5. The maximum Gasteiger partial charge on any atom is 0.416 e. The fraction of sp³-hybridized carbons (Fsp3) is 0.182. The summed E-state index contributed by atoms with van der Waals surface area (Å²) in [4.78, 5) is 12.0. The molecule has 0 atom stereocenters. The molecule has 31 heavy (non-hydrogen) atoms. The average Bonchev–Trinajstić information content (AvgIpc) is 3.00. The standard InChI is InChI=1S/C22H20F3IN4O/c1-14-10-16(15(2)30(14)20-8-6-18(26)7-9-20)12-28-29-21(31)13-27-19-5-3-4-17(11-19)22(23,24)25/h3-12,27H,13H2,1-2H3,(H,29,31)/b28-12-. The molecule has 0 unspecified atom stereocenters. The van der Waals surface area contributed by atoms with Crippen LogP contribution in [-0.2, 0) is 11.0 Å². The van der Waals surface area contributed by atoms with Crippen molar-refractivity contribution in [1.29, 1.82) is 0 Å². The summed E-state index contributed by atoms with van der Waals surface area (Å²) in [7, 11) is 0. The van der Waals surface area contributed by atoms with Crippen molar-refractivity contribution < 1.29 is 18.0 Å². The third kappa shape index (κ3) is 5.87. The molecule has 3 aromatic rings. The zero-order valence-corrected chi connectivity index (χ0v) is 19.0. The van der Waals surface area contributed by atoms with Gasteiger partial charge in [0.25, 0.3) is 5.91 Å². The molecule has 1 aromatic heterocycles. The molecule has 0 aliphatic carbocycles. The van der Waals surface area contributed by atoms with Crippen LogP contribution in [0.3, 0.4) is 0 Å². The van der Waals surface area contributed by atoms with Crippen LogP contribution in [0.1, 0.15) is 22.5 Å². The molecule has 0 spiro atoms. The lowest BCUT2D eigenvalue weighted by atomic mass is 10.2. The van der Waals surface area contributed by atoms with Crippen LogP contribution in [0.5, 0.6) is 0 Å². The molecule has 0 aliphatic heterocycles. The van der Waals surface area contributed by atoms with Crippen LogP contribution in [0.4, 0.5) is 18.9 Å². The molecular weight excluding hydrogens is 520 g/mol. The van der Waals surface area contributed by atoms with Gasteiger partial charge in [0.2, 0.25) is 0 Å². The number of benzene rings is 2. The van der Waals surface area contributed by atoms with Crippen molar-refractivity contribution in [1.82, 2.24) is 9.99 Å². The number of alkyl halides is 3. The number of rotatable bonds is 6. The van der Waals surface area contributed by atoms with Gasteiger partial charge in [0, 0.05) is 31.9 Å². The molecule has 0 saturated heterocycles. The number of nitrogens with zero attached hydrogens (tertiary/aromatic N) is 2. The van der Waals surface area contributed by atoms with E-state index in [1.807, 2.05) is 44.2 Å². The fourth-order valence-electron chi connectivity index (χ4n) is 3.11. The number of hydrazone groups is 1. The van der Waals surface area contributed by atoms with Crippen LogP contribution in [0.2, 0.25) is 0 Å². The Morgan fingerprint density at radius 1 is 1.13 bits per heavy atom. The highest BCUT2D eigenvalue weighted by Crippen LogP contribution is 2.30. The second kappa shape index (κ2) is 9.54. The smallest absolute Gasteiger partial charge is 0.376 e. The van der Waals surface area contributed by atoms with Crippen molar-refractivity contribution in [3.05, 3.63) is 80.7 Å². The summed E-state index contributed by atoms with van der Waals surface area (Å²) in [5, 5.41) is 6.64. The van der Waals surface area contributed by atoms with E-state index in [4.69, 9.17) is 0 Å². The van der Waals surface area contributed by atoms with Crippen molar-refractivity contribution in [3.63, 3.8) is 0 Å². The summed E-state index contributed by atoms with van der Waals surface area (Å²) in [5.74, 6) is -0.472. The van der Waals surface area contributed by atoms with Crippen molar-refractivity contribution in [3.8, 4) is 5.69 Å². The number of hydrogen-bond acceptors (Lipinski definition) is 3. The summed E-state index contributed by atoms with van der Waals surface area (Å²) >= 11 is 2.25. The Balaban J connectivity index is 1.60. The Bertz CT molecular complexity index is 1100. The number of aryl methyl sites for hydroxylation is 1. The monoisotopic (exact) mass is 540 g/mol. The lowest BCUT2D eigenvalue weighted by Crippen LogP contribution is -2.26. The van der Waals surface area contributed by atoms with Gasteiger partial charge in [-0.05, 0) is 85.0 Å². The molecule has 0 aliphatic rings. The number of hydrogen-bond donors (Lipinski definition) is 2. The van der Waals surface area contributed by atoms with Crippen molar-refractivity contribution in [2.24, 2.45) is 5.10 Å². The van der Waals surface area contributed by atoms with E-state index < -0.39 is 17.6 Å². The topological polar surface area (TPSA) is 58.4 Å². The van der Waals surface area contributed by atoms with E-state index in [1.54, 1.807) is 6.21 Å². The first-order chi connectivity index (χ1) is 14.6. The molecule has 0 radical (unpaired) electrons. The van der Waals surface area contributed by atoms with Crippen molar-refractivity contribution >= 4 is 40.4 Å². The van der Waals surface area contributed by atoms with Crippen LogP contribution >= 0.6 is 22.6 Å². The molecule has 2 N–H and O–H groups in total. The summed E-state index contributed by atoms with van der Waals surface area (Å²) in [6.45, 7) is 3.74. The van der Waals surface area contributed by atoms with Gasteiger partial charge in [0.05, 0.1) is 18.3 Å². The molecule has 0 saturated carbocycles. The van der Waals surface area contributed by atoms with Gasteiger partial charge >= 0.3 is 6.18 Å². The predicted molar refractivity (Wildman–Crippen MR) is 124 cm³/mol. The van der Waals surface area contributed by atoms with E-state index in [0.29, 0.717) is 0 Å². The third-order valence-corrected chi connectivity index (χ3v) is 5.31. The molecule has 1 heterocycles. The van der Waals surface area contributed by atoms with Gasteiger partial charge in [-0.1, -0.05) is 6.07 Å². The van der Waals surface area contributed by atoms with E-state index in [0.717, 1.165) is 38.3 Å². The molecule has 162 valence electrons. The SMILES string of the molecule is Cc1cc(/C=N\NC(=O)CNc2cccc(C(F)(F)F)c2)c(C)n1-c1ccc(I)cc1. The van der Waals surface area contributed by atoms with Gasteiger partial charge < -0.3 is 9.88 Å². The first-order valence-electron chi connectivity index (χ1n) is 9.33. The maximum absolute atomic E-state index is 12.8. The number of halogens is 4. The number of carbonyl (C=O) groups excluding carboxylic acids is 1. The van der Waals surface area contributed by atoms with E-state index in [9.17, 15) is 18.0 Å². The molecule has 0 bridgehead atoms. The number of nitrogens with one attached hydrogen (secondary N) is 2. The quantitative estimate of drug-likeness (QED) is 0.254. The predicted octanol–water partition coefficient (Wildman–Crippen LogP) is 5.28. The van der Waals surface area contributed by atoms with Gasteiger partial charge in [-0.15, -0.1) is 0 Å². The van der Waals surface area contributed by atoms with E-state index in [2.05, 4.69) is 43.0 Å². The molecule has 0 fully saturated rings. The fourth-order valence-corrected chi connectivity index (χ4v) is 3.47. The second-order valence-electron chi connectivity index (χ2n) is 6.86. The van der Waals surface area contributed by atoms with Crippen LogP contribution in [0.25, 0.3) is 5.69 Å². The third-order valence-electron chi connectivity index (χ3n) is 4.59. The number of aromatic nitrogens is 1. The van der Waals surface area contributed by atoms with Gasteiger partial charge in [0.15, 0.2) is 0 Å². The van der Waals surface area contributed by atoms with Gasteiger partial charge in [-0.25, -0.2) is 5.43 Å². The average molecular weight is 540 g/mol. The molecule has 9 heteroatoms. The molecular formula is C22H20F3IN4O. The minimum atomic E-state index is -4.44. The minimum absolute atomic E-state index is 0.204. The molecule has 2 aromatic carbocycles. The Hall–Kier alpha value is -2.82. The maximum atomic E-state index is 12.8. The summed E-state index contributed by atoms with van der Waals surface area (Å²) in [6, 6.07) is 14.8. The molecule has 3 rings (SSSR count). The lowest BCUT2D eigenvalue weighted by Gasteiger charge is -2.10. The van der Waals surface area contributed by atoms with Crippen molar-refractivity contribution in [2.45, 2.75) is 20.0 Å². The largest absolute Gasteiger partial charge is 0.416 e. The Morgan fingerprint density at radius 2 is 1.84 bits per heavy atom. The Labute approximate surface area is 191 Å². The zero-order valence-electron chi connectivity index (χ0n) is 16.8. The highest BCUT2D eigenvalue weighted by molar-refractivity contribution is 14.1. The number of anilines is 1. The van der Waals surface area contributed by atoms with Gasteiger partial charge in [-0.3, -0.25) is 4.79 Å². The van der Waals surface area contributed by atoms with Gasteiger partial charge in [-0.2, -0.15) is 18.3 Å². The van der Waals surface area contributed by atoms with E-state index in [1.165, 1.54) is 12.1 Å². The summed E-state index contributed by atoms with van der Waals surface area (Å²) in [6.07, 6.45) is -2.89. The van der Waals surface area contributed by atoms with Crippen LogP contribution in [0, 0.1) is 17.4 Å². The normalized spacial score (nSPS) is 11.7. The van der Waals surface area contributed by atoms with Gasteiger partial charge in [0.1, 0.15) is 0 Å². The highest BCUT2D eigenvalue weighted by atomic mass is 127.